The van der Waals surface area contributed by atoms with Crippen molar-refractivity contribution in [1.29, 1.82) is 0 Å². The summed E-state index contributed by atoms with van der Waals surface area (Å²) in [5, 5.41) is 9.52. The topological polar surface area (TPSA) is 82.2 Å². The van der Waals surface area contributed by atoms with Crippen molar-refractivity contribution in [2.45, 2.75) is 32.7 Å². The second-order valence-corrected chi connectivity index (χ2v) is 7.37. The number of nitrogens with zero attached hydrogens (tertiary/aromatic N) is 3. The van der Waals surface area contributed by atoms with Crippen molar-refractivity contribution < 1.29 is 4.79 Å². The van der Waals surface area contributed by atoms with Gasteiger partial charge < -0.3 is 20.9 Å². The molecular formula is C20H28N6O. The summed E-state index contributed by atoms with van der Waals surface area (Å²) in [4.78, 5) is 23.3. The lowest BCUT2D eigenvalue weighted by molar-refractivity contribution is 0.0906. The van der Waals surface area contributed by atoms with Crippen molar-refractivity contribution in [2.24, 2.45) is 0 Å². The Hall–Kier alpha value is -2.67. The van der Waals surface area contributed by atoms with Crippen LogP contribution in [-0.2, 0) is 0 Å². The van der Waals surface area contributed by atoms with E-state index < -0.39 is 0 Å². The molecule has 0 unspecified atom stereocenters. The largest absolute Gasteiger partial charge is 0.369 e. The van der Waals surface area contributed by atoms with Crippen molar-refractivity contribution in [2.75, 3.05) is 36.4 Å². The van der Waals surface area contributed by atoms with E-state index in [0.29, 0.717) is 11.6 Å². The zero-order valence-electron chi connectivity index (χ0n) is 16.2. The molecule has 1 amide bonds. The van der Waals surface area contributed by atoms with Gasteiger partial charge in [-0.05, 0) is 50.6 Å². The summed E-state index contributed by atoms with van der Waals surface area (Å²) in [5.74, 6) is 0.216. The van der Waals surface area contributed by atoms with Gasteiger partial charge in [-0.25, -0.2) is 9.97 Å². The van der Waals surface area contributed by atoms with Gasteiger partial charge in [-0.3, -0.25) is 4.79 Å². The van der Waals surface area contributed by atoms with E-state index in [1.54, 1.807) is 12.3 Å². The maximum absolute atomic E-state index is 12.4. The zero-order chi connectivity index (χ0) is 19.3. The summed E-state index contributed by atoms with van der Waals surface area (Å²) < 4.78 is 0. The predicted octanol–water partition coefficient (Wildman–Crippen LogP) is 2.55. The molecule has 27 heavy (non-hydrogen) atoms. The molecular weight excluding hydrogens is 340 g/mol. The SMILES string of the molecule is CCC(C)(C)NC(=O)c1ccnc(Nc2ccc(N3CCNCC3)cc2)n1. The first-order valence-corrected chi connectivity index (χ1v) is 9.45. The van der Waals surface area contributed by atoms with Crippen molar-refractivity contribution in [3.63, 3.8) is 0 Å². The van der Waals surface area contributed by atoms with Crippen molar-refractivity contribution in [3.05, 3.63) is 42.2 Å². The molecule has 3 N–H and O–H groups in total. The first kappa shape index (κ1) is 19.1. The molecule has 2 aromatic rings. The average molecular weight is 368 g/mol. The zero-order valence-corrected chi connectivity index (χ0v) is 16.2. The number of amides is 1. The number of nitrogens with one attached hydrogen (secondary N) is 3. The minimum Gasteiger partial charge on any atom is -0.369 e. The lowest BCUT2D eigenvalue weighted by Crippen LogP contribution is -2.43. The van der Waals surface area contributed by atoms with Crippen LogP contribution in [0.15, 0.2) is 36.5 Å². The van der Waals surface area contributed by atoms with Crippen molar-refractivity contribution in [1.82, 2.24) is 20.6 Å². The van der Waals surface area contributed by atoms with Crippen LogP contribution in [0.3, 0.4) is 0 Å². The van der Waals surface area contributed by atoms with Crippen LogP contribution >= 0.6 is 0 Å². The Labute approximate surface area is 160 Å². The third-order valence-corrected chi connectivity index (χ3v) is 4.83. The third-order valence-electron chi connectivity index (χ3n) is 4.83. The lowest BCUT2D eigenvalue weighted by Gasteiger charge is -2.29. The van der Waals surface area contributed by atoms with Gasteiger partial charge in [0.15, 0.2) is 0 Å². The Bertz CT molecular complexity index is 768. The fourth-order valence-electron chi connectivity index (χ4n) is 2.81. The Morgan fingerprint density at radius 2 is 1.89 bits per heavy atom. The fourth-order valence-corrected chi connectivity index (χ4v) is 2.81. The Balaban J connectivity index is 1.66. The highest BCUT2D eigenvalue weighted by Crippen LogP contribution is 2.20. The molecule has 1 saturated heterocycles. The van der Waals surface area contributed by atoms with Crippen LogP contribution in [0, 0.1) is 0 Å². The summed E-state index contributed by atoms with van der Waals surface area (Å²) in [6.07, 6.45) is 2.44. The molecule has 3 rings (SSSR count). The third kappa shape index (κ3) is 5.17. The van der Waals surface area contributed by atoms with E-state index in [-0.39, 0.29) is 11.4 Å². The maximum atomic E-state index is 12.4. The van der Waals surface area contributed by atoms with Gasteiger partial charge >= 0.3 is 0 Å². The van der Waals surface area contributed by atoms with Crippen LogP contribution in [0.25, 0.3) is 0 Å². The highest BCUT2D eigenvalue weighted by Gasteiger charge is 2.20. The van der Waals surface area contributed by atoms with E-state index in [0.717, 1.165) is 38.3 Å². The Morgan fingerprint density at radius 3 is 2.56 bits per heavy atom. The number of hydrogen-bond donors (Lipinski definition) is 3. The number of rotatable bonds is 6. The van der Waals surface area contributed by atoms with E-state index in [4.69, 9.17) is 0 Å². The number of hydrogen-bond acceptors (Lipinski definition) is 6. The Kier molecular flexibility index (Phi) is 5.91. The van der Waals surface area contributed by atoms with E-state index in [9.17, 15) is 4.79 Å². The summed E-state index contributed by atoms with van der Waals surface area (Å²) in [7, 11) is 0. The van der Waals surface area contributed by atoms with Crippen LogP contribution in [0.1, 0.15) is 37.7 Å². The molecule has 0 saturated carbocycles. The standard InChI is InChI=1S/C20H28N6O/c1-4-20(2,3)25-18(27)17-9-10-22-19(24-17)23-15-5-7-16(8-6-15)26-13-11-21-12-14-26/h5-10,21H,4,11-14H2,1-3H3,(H,25,27)(H,22,23,24). The van der Waals surface area contributed by atoms with Gasteiger partial charge in [-0.2, -0.15) is 0 Å². The first-order valence-electron chi connectivity index (χ1n) is 9.45. The van der Waals surface area contributed by atoms with Crippen LogP contribution in [-0.4, -0.2) is 47.6 Å². The second kappa shape index (κ2) is 8.35. The minimum absolute atomic E-state index is 0.193. The van der Waals surface area contributed by atoms with E-state index in [1.165, 1.54) is 5.69 Å². The summed E-state index contributed by atoms with van der Waals surface area (Å²) in [6, 6.07) is 9.82. The van der Waals surface area contributed by atoms with Crippen LogP contribution in [0.2, 0.25) is 0 Å². The molecule has 1 aromatic carbocycles. The number of carbonyl (C=O) groups excluding carboxylic acids is 1. The van der Waals surface area contributed by atoms with Gasteiger partial charge in [0.05, 0.1) is 0 Å². The molecule has 0 aliphatic carbocycles. The Morgan fingerprint density at radius 1 is 1.19 bits per heavy atom. The predicted molar refractivity (Wildman–Crippen MR) is 109 cm³/mol. The first-order chi connectivity index (χ1) is 13.0. The lowest BCUT2D eigenvalue weighted by atomic mass is 10.0. The highest BCUT2D eigenvalue weighted by molar-refractivity contribution is 5.93. The monoisotopic (exact) mass is 368 g/mol. The average Bonchev–Trinajstić information content (AvgIpc) is 2.69. The molecule has 0 spiro atoms. The van der Waals surface area contributed by atoms with Gasteiger partial charge in [0.25, 0.3) is 5.91 Å². The summed E-state index contributed by atoms with van der Waals surface area (Å²) in [5.41, 5.74) is 2.18. The highest BCUT2D eigenvalue weighted by atomic mass is 16.2. The van der Waals surface area contributed by atoms with Gasteiger partial charge in [-0.15, -0.1) is 0 Å². The molecule has 0 radical (unpaired) electrons. The van der Waals surface area contributed by atoms with Gasteiger partial charge in [0.2, 0.25) is 5.95 Å². The van der Waals surface area contributed by atoms with Crippen LogP contribution < -0.4 is 20.9 Å². The number of anilines is 3. The molecule has 7 nitrogen and oxygen atoms in total. The number of benzene rings is 1. The number of aromatic nitrogens is 2. The minimum atomic E-state index is -0.268. The molecule has 1 aliphatic rings. The van der Waals surface area contributed by atoms with Gasteiger partial charge in [0.1, 0.15) is 5.69 Å². The van der Waals surface area contributed by atoms with Gasteiger partial charge in [-0.1, -0.05) is 6.92 Å². The maximum Gasteiger partial charge on any atom is 0.270 e. The van der Waals surface area contributed by atoms with E-state index in [2.05, 4.69) is 43.0 Å². The molecule has 1 aromatic heterocycles. The molecule has 1 aliphatic heterocycles. The van der Waals surface area contributed by atoms with Crippen molar-refractivity contribution in [3.8, 4) is 0 Å². The molecule has 144 valence electrons. The smallest absolute Gasteiger partial charge is 0.270 e. The molecule has 0 bridgehead atoms. The number of piperazine rings is 1. The van der Waals surface area contributed by atoms with Crippen LogP contribution in [0.5, 0.6) is 0 Å². The second-order valence-electron chi connectivity index (χ2n) is 7.37. The molecule has 0 atom stereocenters. The normalized spacial score (nSPS) is 14.7. The summed E-state index contributed by atoms with van der Waals surface area (Å²) >= 11 is 0. The quantitative estimate of drug-likeness (QED) is 0.727. The van der Waals surface area contributed by atoms with Gasteiger partial charge in [0, 0.05) is 49.3 Å². The van der Waals surface area contributed by atoms with E-state index in [1.807, 2.05) is 32.9 Å². The van der Waals surface area contributed by atoms with Crippen LogP contribution in [0.4, 0.5) is 17.3 Å². The summed E-state index contributed by atoms with van der Waals surface area (Å²) in [6.45, 7) is 10.1. The van der Waals surface area contributed by atoms with E-state index >= 15 is 0 Å². The molecule has 1 fully saturated rings. The fraction of sp³-hybridized carbons (Fsp3) is 0.450. The number of carbonyl (C=O) groups is 1. The van der Waals surface area contributed by atoms with Crippen molar-refractivity contribution >= 4 is 23.2 Å². The molecule has 2 heterocycles. The molecule has 7 heteroatoms.